The minimum Gasteiger partial charge on any atom is -0.497 e. The molecule has 0 saturated carbocycles. The van der Waals surface area contributed by atoms with E-state index < -0.39 is 0 Å². The Bertz CT molecular complexity index is 798. The molecule has 0 spiro atoms. The first-order valence-electron chi connectivity index (χ1n) is 10.4. The third-order valence-electron chi connectivity index (χ3n) is 5.77. The van der Waals surface area contributed by atoms with E-state index in [9.17, 15) is 0 Å². The van der Waals surface area contributed by atoms with Gasteiger partial charge in [-0.25, -0.2) is 0 Å². The highest BCUT2D eigenvalue weighted by atomic mass is 16.5. The van der Waals surface area contributed by atoms with Crippen LogP contribution in [0, 0.1) is 5.92 Å². The van der Waals surface area contributed by atoms with Crippen molar-refractivity contribution < 1.29 is 14.2 Å². The molecular formula is C25H33NO3. The van der Waals surface area contributed by atoms with Gasteiger partial charge in [0, 0.05) is 19.4 Å². The fourth-order valence-electron chi connectivity index (χ4n) is 4.31. The summed E-state index contributed by atoms with van der Waals surface area (Å²) in [6.07, 6.45) is 5.08. The number of hydrogen-bond donors (Lipinski definition) is 0. The third kappa shape index (κ3) is 5.83. The van der Waals surface area contributed by atoms with E-state index in [4.69, 9.17) is 19.2 Å². The number of benzene rings is 2. The van der Waals surface area contributed by atoms with Crippen LogP contribution >= 0.6 is 0 Å². The molecule has 0 bridgehead atoms. The van der Waals surface area contributed by atoms with Crippen LogP contribution < -0.4 is 9.47 Å². The topological polar surface area (TPSA) is 40.0 Å². The van der Waals surface area contributed by atoms with Crippen molar-refractivity contribution in [3.8, 4) is 11.5 Å². The van der Waals surface area contributed by atoms with Gasteiger partial charge in [-0.3, -0.25) is 4.99 Å². The largest absolute Gasteiger partial charge is 0.497 e. The minimum absolute atomic E-state index is 0.0739. The van der Waals surface area contributed by atoms with Gasteiger partial charge < -0.3 is 14.2 Å². The van der Waals surface area contributed by atoms with Crippen LogP contribution in [-0.2, 0) is 4.74 Å². The lowest BCUT2D eigenvalue weighted by molar-refractivity contribution is -0.0771. The zero-order chi connectivity index (χ0) is 20.7. The Hall–Kier alpha value is -2.33. The van der Waals surface area contributed by atoms with Gasteiger partial charge in [0.05, 0.1) is 19.8 Å². The maximum Gasteiger partial charge on any atom is 0.122 e. The standard InChI is InChI=1S/C25H33NO3/c1-25(2)17-20(14-16-29-25)22(23-7-5-6-8-24(23)28-4)13-15-26-18-19-9-11-21(27-3)12-10-19/h5-12,18,20,22H,13-17H2,1-4H3/t20-,22+/m1/s1. The highest BCUT2D eigenvalue weighted by molar-refractivity contribution is 5.79. The summed E-state index contributed by atoms with van der Waals surface area (Å²) in [6, 6.07) is 16.4. The fraction of sp³-hybridized carbons (Fsp3) is 0.480. The van der Waals surface area contributed by atoms with Crippen LogP contribution in [0.3, 0.4) is 0 Å². The van der Waals surface area contributed by atoms with Crippen LogP contribution in [-0.4, -0.2) is 39.2 Å². The van der Waals surface area contributed by atoms with Gasteiger partial charge in [0.1, 0.15) is 11.5 Å². The van der Waals surface area contributed by atoms with Gasteiger partial charge in [-0.2, -0.15) is 0 Å². The van der Waals surface area contributed by atoms with Crippen molar-refractivity contribution in [2.75, 3.05) is 27.4 Å². The van der Waals surface area contributed by atoms with E-state index in [1.165, 1.54) is 5.56 Å². The Labute approximate surface area is 174 Å². The molecule has 0 aromatic heterocycles. The Morgan fingerprint density at radius 1 is 1.10 bits per heavy atom. The first-order chi connectivity index (χ1) is 14.0. The lowest BCUT2D eigenvalue weighted by atomic mass is 9.75. The monoisotopic (exact) mass is 395 g/mol. The first-order valence-corrected chi connectivity index (χ1v) is 10.4. The Balaban J connectivity index is 1.73. The van der Waals surface area contributed by atoms with Gasteiger partial charge in [0.15, 0.2) is 0 Å². The van der Waals surface area contributed by atoms with Crippen molar-refractivity contribution in [3.05, 3.63) is 59.7 Å². The molecule has 0 amide bonds. The van der Waals surface area contributed by atoms with Gasteiger partial charge in [-0.15, -0.1) is 0 Å². The third-order valence-corrected chi connectivity index (χ3v) is 5.77. The molecule has 1 aliphatic rings. The van der Waals surface area contributed by atoms with Crippen molar-refractivity contribution in [2.24, 2.45) is 10.9 Å². The SMILES string of the molecule is COc1ccc(C=NCC[C@H](c2ccccc2OC)[C@@H]2CCOC(C)(C)C2)cc1. The Kier molecular flexibility index (Phi) is 7.32. The number of rotatable bonds is 8. The minimum atomic E-state index is -0.0739. The Morgan fingerprint density at radius 3 is 2.55 bits per heavy atom. The van der Waals surface area contributed by atoms with Crippen molar-refractivity contribution in [3.63, 3.8) is 0 Å². The van der Waals surface area contributed by atoms with Crippen LogP contribution in [0.4, 0.5) is 0 Å². The van der Waals surface area contributed by atoms with E-state index in [2.05, 4.69) is 32.0 Å². The molecular weight excluding hydrogens is 362 g/mol. The molecule has 0 aliphatic carbocycles. The van der Waals surface area contributed by atoms with Gasteiger partial charge in [-0.1, -0.05) is 18.2 Å². The lowest BCUT2D eigenvalue weighted by Crippen LogP contribution is -2.36. The first kappa shape index (κ1) is 21.4. The molecule has 0 N–H and O–H groups in total. The second-order valence-electron chi connectivity index (χ2n) is 8.31. The normalized spacial score (nSPS) is 19.8. The summed E-state index contributed by atoms with van der Waals surface area (Å²) in [6.45, 7) is 5.99. The average Bonchev–Trinajstić information content (AvgIpc) is 2.73. The number of ether oxygens (including phenoxy) is 3. The molecule has 1 saturated heterocycles. The molecule has 1 aliphatic heterocycles. The molecule has 4 nitrogen and oxygen atoms in total. The van der Waals surface area contributed by atoms with Gasteiger partial charge in [0.2, 0.25) is 0 Å². The van der Waals surface area contributed by atoms with Crippen molar-refractivity contribution >= 4 is 6.21 Å². The maximum absolute atomic E-state index is 5.97. The summed E-state index contributed by atoms with van der Waals surface area (Å²) in [5.74, 6) is 2.80. The molecule has 1 fully saturated rings. The summed E-state index contributed by atoms with van der Waals surface area (Å²) in [5, 5.41) is 0. The molecule has 2 aromatic rings. The second kappa shape index (κ2) is 9.93. The molecule has 1 heterocycles. The smallest absolute Gasteiger partial charge is 0.122 e. The highest BCUT2D eigenvalue weighted by Crippen LogP contribution is 2.42. The zero-order valence-electron chi connectivity index (χ0n) is 18.1. The van der Waals surface area contributed by atoms with Crippen LogP contribution in [0.1, 0.15) is 50.2 Å². The number of hydrogen-bond acceptors (Lipinski definition) is 4. The summed E-state index contributed by atoms with van der Waals surface area (Å²) in [7, 11) is 3.43. The maximum atomic E-state index is 5.97. The lowest BCUT2D eigenvalue weighted by Gasteiger charge is -2.39. The second-order valence-corrected chi connectivity index (χ2v) is 8.31. The van der Waals surface area contributed by atoms with E-state index in [0.717, 1.165) is 49.5 Å². The Morgan fingerprint density at radius 2 is 1.86 bits per heavy atom. The van der Waals surface area contributed by atoms with E-state index in [1.807, 2.05) is 36.5 Å². The molecule has 2 atom stereocenters. The number of aliphatic imine (C=N–C) groups is 1. The highest BCUT2D eigenvalue weighted by Gasteiger charge is 2.34. The molecule has 2 aromatic carbocycles. The van der Waals surface area contributed by atoms with E-state index >= 15 is 0 Å². The molecule has 4 heteroatoms. The van der Waals surface area contributed by atoms with Crippen molar-refractivity contribution in [1.82, 2.24) is 0 Å². The van der Waals surface area contributed by atoms with E-state index in [-0.39, 0.29) is 5.60 Å². The molecule has 29 heavy (non-hydrogen) atoms. The van der Waals surface area contributed by atoms with E-state index in [1.54, 1.807) is 14.2 Å². The molecule has 156 valence electrons. The molecule has 0 radical (unpaired) electrons. The average molecular weight is 396 g/mol. The predicted molar refractivity (Wildman–Crippen MR) is 119 cm³/mol. The summed E-state index contributed by atoms with van der Waals surface area (Å²) < 4.78 is 16.9. The summed E-state index contributed by atoms with van der Waals surface area (Å²) >= 11 is 0. The molecule has 3 rings (SSSR count). The quantitative estimate of drug-likeness (QED) is 0.554. The van der Waals surface area contributed by atoms with Gasteiger partial charge in [0.25, 0.3) is 0 Å². The summed E-state index contributed by atoms with van der Waals surface area (Å²) in [4.78, 5) is 4.71. The van der Waals surface area contributed by atoms with Gasteiger partial charge in [-0.05, 0) is 86.4 Å². The predicted octanol–water partition coefficient (Wildman–Crippen LogP) is 5.50. The zero-order valence-corrected chi connectivity index (χ0v) is 18.1. The van der Waals surface area contributed by atoms with Crippen molar-refractivity contribution in [2.45, 2.75) is 44.6 Å². The van der Waals surface area contributed by atoms with Crippen LogP contribution in [0.15, 0.2) is 53.5 Å². The number of methoxy groups -OCH3 is 2. The van der Waals surface area contributed by atoms with Crippen LogP contribution in [0.5, 0.6) is 11.5 Å². The molecule has 0 unspecified atom stereocenters. The van der Waals surface area contributed by atoms with Gasteiger partial charge >= 0.3 is 0 Å². The number of para-hydroxylation sites is 1. The fourth-order valence-corrected chi connectivity index (χ4v) is 4.31. The van der Waals surface area contributed by atoms with E-state index in [0.29, 0.717) is 11.8 Å². The van der Waals surface area contributed by atoms with Crippen LogP contribution in [0.25, 0.3) is 0 Å². The summed E-state index contributed by atoms with van der Waals surface area (Å²) in [5.41, 5.74) is 2.31. The number of nitrogens with zero attached hydrogens (tertiary/aromatic N) is 1. The van der Waals surface area contributed by atoms with Crippen LogP contribution in [0.2, 0.25) is 0 Å². The van der Waals surface area contributed by atoms with Crippen molar-refractivity contribution in [1.29, 1.82) is 0 Å².